The molecule has 0 aliphatic rings. The van der Waals surface area contributed by atoms with E-state index in [9.17, 15) is 13.2 Å². The predicted molar refractivity (Wildman–Crippen MR) is 100 cm³/mol. The Balaban J connectivity index is 1.76. The van der Waals surface area contributed by atoms with Gasteiger partial charge in [0, 0.05) is 11.6 Å². The quantitative estimate of drug-likeness (QED) is 0.614. The van der Waals surface area contributed by atoms with Crippen molar-refractivity contribution in [1.29, 1.82) is 0 Å². The Morgan fingerprint density at radius 3 is 2.36 bits per heavy atom. The van der Waals surface area contributed by atoms with Gasteiger partial charge in [0.1, 0.15) is 0 Å². The van der Waals surface area contributed by atoms with Crippen molar-refractivity contribution in [2.75, 3.05) is 0 Å². The van der Waals surface area contributed by atoms with Crippen LogP contribution in [0.15, 0.2) is 59.1 Å². The van der Waals surface area contributed by atoms with Gasteiger partial charge in [-0.3, -0.25) is 0 Å². The Hall–Kier alpha value is -2.67. The average Bonchev–Trinajstić information content (AvgIpc) is 3.10. The number of hydrogen-bond donors (Lipinski definition) is 1. The zero-order chi connectivity index (χ0) is 20.4. The lowest BCUT2D eigenvalue weighted by Gasteiger charge is -2.31. The number of alkyl halides is 3. The highest BCUT2D eigenvalue weighted by Gasteiger charge is 2.31. The normalized spacial score (nSPS) is 13.5. The van der Waals surface area contributed by atoms with E-state index in [4.69, 9.17) is 4.52 Å². The highest BCUT2D eigenvalue weighted by Crippen LogP contribution is 2.33. The third-order valence-corrected chi connectivity index (χ3v) is 4.37. The molecule has 0 aliphatic carbocycles. The van der Waals surface area contributed by atoms with Gasteiger partial charge in [-0.1, -0.05) is 68.4 Å². The monoisotopic (exact) mass is 389 g/mol. The van der Waals surface area contributed by atoms with Gasteiger partial charge < -0.3 is 9.84 Å². The van der Waals surface area contributed by atoms with Gasteiger partial charge in [0.05, 0.1) is 12.1 Å². The summed E-state index contributed by atoms with van der Waals surface area (Å²) in [4.78, 5) is 4.24. The van der Waals surface area contributed by atoms with E-state index in [0.29, 0.717) is 12.4 Å². The maximum atomic E-state index is 12.9. The van der Waals surface area contributed by atoms with Crippen molar-refractivity contribution in [1.82, 2.24) is 15.5 Å². The van der Waals surface area contributed by atoms with E-state index in [2.05, 4.69) is 36.2 Å². The zero-order valence-corrected chi connectivity index (χ0v) is 15.9. The summed E-state index contributed by atoms with van der Waals surface area (Å²) in [6.45, 7) is 6.68. The molecule has 0 saturated heterocycles. The molecule has 1 atom stereocenters. The molecule has 0 spiro atoms. The van der Waals surface area contributed by atoms with Crippen molar-refractivity contribution in [3.05, 3.63) is 71.6 Å². The van der Waals surface area contributed by atoms with Crippen molar-refractivity contribution in [3.63, 3.8) is 0 Å². The molecule has 28 heavy (non-hydrogen) atoms. The van der Waals surface area contributed by atoms with Crippen LogP contribution in [0.4, 0.5) is 13.2 Å². The van der Waals surface area contributed by atoms with Crippen LogP contribution in [-0.2, 0) is 12.7 Å². The maximum Gasteiger partial charge on any atom is 0.416 e. The van der Waals surface area contributed by atoms with Crippen LogP contribution in [0.5, 0.6) is 0 Å². The molecule has 1 heterocycles. The third-order valence-electron chi connectivity index (χ3n) is 4.37. The van der Waals surface area contributed by atoms with E-state index in [-0.39, 0.29) is 22.8 Å². The van der Waals surface area contributed by atoms with Gasteiger partial charge in [0.2, 0.25) is 11.7 Å². The molecule has 0 radical (unpaired) electrons. The van der Waals surface area contributed by atoms with Crippen LogP contribution in [0.25, 0.3) is 11.4 Å². The van der Waals surface area contributed by atoms with E-state index in [1.165, 1.54) is 12.1 Å². The smallest absolute Gasteiger partial charge is 0.338 e. The number of halogens is 3. The molecule has 0 aliphatic heterocycles. The summed E-state index contributed by atoms with van der Waals surface area (Å²) in [5.74, 6) is 0.451. The van der Waals surface area contributed by atoms with Gasteiger partial charge in [-0.2, -0.15) is 18.2 Å². The lowest BCUT2D eigenvalue weighted by atomic mass is 9.82. The highest BCUT2D eigenvalue weighted by atomic mass is 19.4. The number of aromatic nitrogens is 2. The average molecular weight is 389 g/mol. The molecular weight excluding hydrogens is 367 g/mol. The summed E-state index contributed by atoms with van der Waals surface area (Å²) in [7, 11) is 0. The molecule has 0 fully saturated rings. The van der Waals surface area contributed by atoms with Gasteiger partial charge in [0.15, 0.2) is 0 Å². The van der Waals surface area contributed by atoms with Crippen LogP contribution in [0.3, 0.4) is 0 Å². The standard InChI is InChI=1S/C21H22F3N3O/c1-20(2,3)18(14-8-5-4-6-9-14)25-13-17-26-19(27-28-17)15-10-7-11-16(12-15)21(22,23)24/h4-12,18,25H,13H2,1-3H3. The van der Waals surface area contributed by atoms with Crippen LogP contribution in [0, 0.1) is 5.41 Å². The Labute approximate surface area is 161 Å². The third kappa shape index (κ3) is 4.78. The van der Waals surface area contributed by atoms with Gasteiger partial charge in [-0.05, 0) is 23.1 Å². The van der Waals surface area contributed by atoms with Crippen molar-refractivity contribution in [2.45, 2.75) is 39.5 Å². The van der Waals surface area contributed by atoms with Gasteiger partial charge in [-0.15, -0.1) is 0 Å². The molecule has 4 nitrogen and oxygen atoms in total. The Bertz CT molecular complexity index is 914. The molecule has 1 unspecified atom stereocenters. The lowest BCUT2D eigenvalue weighted by Crippen LogP contribution is -2.32. The largest absolute Gasteiger partial charge is 0.416 e. The predicted octanol–water partition coefficient (Wildman–Crippen LogP) is 5.63. The van der Waals surface area contributed by atoms with Crippen LogP contribution in [0.2, 0.25) is 0 Å². The minimum Gasteiger partial charge on any atom is -0.338 e. The Morgan fingerprint density at radius 2 is 1.71 bits per heavy atom. The second kappa shape index (κ2) is 7.75. The summed E-state index contributed by atoms with van der Waals surface area (Å²) < 4.78 is 43.9. The second-order valence-electron chi connectivity index (χ2n) is 7.68. The lowest BCUT2D eigenvalue weighted by molar-refractivity contribution is -0.137. The molecular formula is C21H22F3N3O. The molecule has 0 saturated carbocycles. The molecule has 3 rings (SSSR count). The first-order valence-corrected chi connectivity index (χ1v) is 8.93. The van der Waals surface area contributed by atoms with E-state index in [0.717, 1.165) is 17.7 Å². The molecule has 3 aromatic rings. The number of nitrogens with one attached hydrogen (secondary N) is 1. The second-order valence-corrected chi connectivity index (χ2v) is 7.68. The molecule has 7 heteroatoms. The van der Waals surface area contributed by atoms with Gasteiger partial charge in [0.25, 0.3) is 0 Å². The van der Waals surface area contributed by atoms with Gasteiger partial charge in [-0.25, -0.2) is 0 Å². The maximum absolute atomic E-state index is 12.9. The summed E-state index contributed by atoms with van der Waals surface area (Å²) in [6.07, 6.45) is -4.42. The molecule has 0 amide bonds. The summed E-state index contributed by atoms with van der Waals surface area (Å²) in [6, 6.07) is 14.9. The first-order chi connectivity index (χ1) is 13.1. The Kier molecular flexibility index (Phi) is 5.56. The van der Waals surface area contributed by atoms with Crippen LogP contribution < -0.4 is 5.32 Å². The fraction of sp³-hybridized carbons (Fsp3) is 0.333. The van der Waals surface area contributed by atoms with Crippen LogP contribution >= 0.6 is 0 Å². The first-order valence-electron chi connectivity index (χ1n) is 8.93. The van der Waals surface area contributed by atoms with E-state index < -0.39 is 11.7 Å². The minimum absolute atomic E-state index is 0.0395. The number of rotatable bonds is 5. The van der Waals surface area contributed by atoms with Gasteiger partial charge >= 0.3 is 6.18 Å². The SMILES string of the molecule is CC(C)(C)C(NCc1nc(-c2cccc(C(F)(F)F)c2)no1)c1ccccc1. The van der Waals surface area contributed by atoms with Crippen LogP contribution in [-0.4, -0.2) is 10.1 Å². The zero-order valence-electron chi connectivity index (χ0n) is 15.9. The fourth-order valence-corrected chi connectivity index (χ4v) is 3.04. The van der Waals surface area contributed by atoms with E-state index in [1.54, 1.807) is 0 Å². The summed E-state index contributed by atoms with van der Waals surface area (Å²) >= 11 is 0. The molecule has 148 valence electrons. The van der Waals surface area contributed by atoms with Crippen molar-refractivity contribution in [3.8, 4) is 11.4 Å². The fourth-order valence-electron chi connectivity index (χ4n) is 3.04. The Morgan fingerprint density at radius 1 is 1.00 bits per heavy atom. The number of benzene rings is 2. The molecule has 2 aromatic carbocycles. The topological polar surface area (TPSA) is 51.0 Å². The van der Waals surface area contributed by atoms with Crippen molar-refractivity contribution < 1.29 is 17.7 Å². The van der Waals surface area contributed by atoms with Crippen LogP contribution in [0.1, 0.15) is 43.8 Å². The highest BCUT2D eigenvalue weighted by molar-refractivity contribution is 5.55. The van der Waals surface area contributed by atoms with E-state index in [1.807, 2.05) is 30.3 Å². The van der Waals surface area contributed by atoms with E-state index >= 15 is 0 Å². The summed E-state index contributed by atoms with van der Waals surface area (Å²) in [5, 5.41) is 7.25. The summed E-state index contributed by atoms with van der Waals surface area (Å²) in [5.41, 5.74) is 0.588. The first kappa shape index (κ1) is 20.1. The van der Waals surface area contributed by atoms with Crippen molar-refractivity contribution >= 4 is 0 Å². The molecule has 0 bridgehead atoms. The molecule has 1 aromatic heterocycles. The number of hydrogen-bond acceptors (Lipinski definition) is 4. The van der Waals surface area contributed by atoms with Crippen molar-refractivity contribution in [2.24, 2.45) is 5.41 Å². The minimum atomic E-state index is -4.42. The number of nitrogens with zero attached hydrogens (tertiary/aromatic N) is 2. The molecule has 1 N–H and O–H groups in total.